The highest BCUT2D eigenvalue weighted by Crippen LogP contribution is 2.43. The fraction of sp³-hybridized carbons (Fsp3) is 0.688. The normalized spacial score (nSPS) is 26.4. The monoisotopic (exact) mass is 292 g/mol. The van der Waals surface area contributed by atoms with Gasteiger partial charge in [-0.25, -0.2) is 0 Å². The van der Waals surface area contributed by atoms with Crippen LogP contribution in [-0.4, -0.2) is 36.5 Å². The first-order chi connectivity index (χ1) is 9.72. The first kappa shape index (κ1) is 14.1. The van der Waals surface area contributed by atoms with Crippen LogP contribution in [0.15, 0.2) is 17.5 Å². The number of rotatable bonds is 2. The van der Waals surface area contributed by atoms with E-state index in [9.17, 15) is 4.79 Å². The molecule has 0 radical (unpaired) electrons. The highest BCUT2D eigenvalue weighted by Gasteiger charge is 2.44. The molecule has 1 unspecified atom stereocenters. The van der Waals surface area contributed by atoms with Crippen molar-refractivity contribution in [3.05, 3.63) is 22.4 Å². The number of nitrogens with zero attached hydrogens (tertiary/aromatic N) is 1. The Bertz CT molecular complexity index is 451. The van der Waals surface area contributed by atoms with Gasteiger partial charge in [0.1, 0.15) is 0 Å². The van der Waals surface area contributed by atoms with E-state index in [0.717, 1.165) is 32.5 Å². The summed E-state index contributed by atoms with van der Waals surface area (Å²) in [4.78, 5) is 16.6. The van der Waals surface area contributed by atoms with Gasteiger partial charge in [-0.3, -0.25) is 4.79 Å². The van der Waals surface area contributed by atoms with Crippen molar-refractivity contribution < 1.29 is 4.79 Å². The van der Waals surface area contributed by atoms with E-state index in [-0.39, 0.29) is 5.41 Å². The fourth-order valence-electron chi connectivity index (χ4n) is 3.69. The summed E-state index contributed by atoms with van der Waals surface area (Å²) in [7, 11) is 0. The number of nitrogens with one attached hydrogen (secondary N) is 1. The molecule has 1 atom stereocenters. The molecule has 2 heterocycles. The highest BCUT2D eigenvalue weighted by molar-refractivity contribution is 7.10. The number of hydrogen-bond acceptors (Lipinski definition) is 3. The van der Waals surface area contributed by atoms with E-state index in [1.807, 2.05) is 0 Å². The van der Waals surface area contributed by atoms with Crippen LogP contribution in [0.2, 0.25) is 0 Å². The van der Waals surface area contributed by atoms with Gasteiger partial charge in [-0.05, 0) is 31.2 Å². The largest absolute Gasteiger partial charge is 0.339 e. The van der Waals surface area contributed by atoms with Crippen LogP contribution < -0.4 is 5.32 Å². The lowest BCUT2D eigenvalue weighted by Gasteiger charge is -2.42. The van der Waals surface area contributed by atoms with Gasteiger partial charge in [0, 0.05) is 30.6 Å². The lowest BCUT2D eigenvalue weighted by molar-refractivity contribution is -0.140. The quantitative estimate of drug-likeness (QED) is 0.909. The average Bonchev–Trinajstić information content (AvgIpc) is 3.02. The molecule has 0 aromatic carbocycles. The van der Waals surface area contributed by atoms with Gasteiger partial charge < -0.3 is 10.2 Å². The second-order valence-electron chi connectivity index (χ2n) is 6.23. The van der Waals surface area contributed by atoms with E-state index >= 15 is 0 Å². The molecule has 3 rings (SSSR count). The van der Waals surface area contributed by atoms with Crippen LogP contribution in [0.25, 0.3) is 0 Å². The third-order valence-electron chi connectivity index (χ3n) is 4.77. The van der Waals surface area contributed by atoms with Gasteiger partial charge in [0.05, 0.1) is 5.41 Å². The number of amides is 1. The van der Waals surface area contributed by atoms with Gasteiger partial charge in [-0.1, -0.05) is 25.3 Å². The molecule has 0 bridgehead atoms. The Hall–Kier alpha value is -0.870. The van der Waals surface area contributed by atoms with Crippen LogP contribution in [0.5, 0.6) is 0 Å². The van der Waals surface area contributed by atoms with E-state index in [1.165, 1.54) is 24.1 Å². The summed E-state index contributed by atoms with van der Waals surface area (Å²) in [6, 6.07) is 4.67. The molecule has 2 aliphatic rings. The minimum absolute atomic E-state index is 0.219. The second-order valence-corrected chi connectivity index (χ2v) is 7.17. The maximum Gasteiger partial charge on any atom is 0.234 e. The smallest absolute Gasteiger partial charge is 0.234 e. The van der Waals surface area contributed by atoms with Crippen LogP contribution in [0.1, 0.15) is 43.9 Å². The molecule has 0 spiro atoms. The van der Waals surface area contributed by atoms with Crippen molar-refractivity contribution >= 4 is 17.2 Å². The Kier molecular flexibility index (Phi) is 4.13. The molecule has 110 valence electrons. The fourth-order valence-corrected chi connectivity index (χ4v) is 4.67. The third kappa shape index (κ3) is 2.51. The van der Waals surface area contributed by atoms with Gasteiger partial charge in [-0.2, -0.15) is 0 Å². The van der Waals surface area contributed by atoms with Crippen molar-refractivity contribution in [2.45, 2.75) is 50.5 Å². The summed E-state index contributed by atoms with van der Waals surface area (Å²) in [5.74, 6) is 0.382. The summed E-state index contributed by atoms with van der Waals surface area (Å²) in [6.45, 7) is 4.80. The molecule has 1 aromatic heterocycles. The van der Waals surface area contributed by atoms with Crippen LogP contribution in [0.4, 0.5) is 0 Å². The van der Waals surface area contributed by atoms with Crippen molar-refractivity contribution in [2.75, 3.05) is 19.6 Å². The number of piperazine rings is 1. The van der Waals surface area contributed by atoms with Crippen LogP contribution >= 0.6 is 11.3 Å². The number of carbonyl (C=O) groups excluding carboxylic acids is 1. The summed E-state index contributed by atoms with van der Waals surface area (Å²) in [6.07, 6.45) is 5.71. The number of carbonyl (C=O) groups is 1. The Balaban J connectivity index is 1.87. The van der Waals surface area contributed by atoms with Gasteiger partial charge in [-0.15, -0.1) is 11.3 Å². The van der Waals surface area contributed by atoms with Crippen LogP contribution in [0.3, 0.4) is 0 Å². The predicted molar refractivity (Wildman–Crippen MR) is 83.1 cm³/mol. The molecule has 1 saturated heterocycles. The van der Waals surface area contributed by atoms with Crippen molar-refractivity contribution in [1.29, 1.82) is 0 Å². The second kappa shape index (κ2) is 5.86. The Morgan fingerprint density at radius 2 is 2.20 bits per heavy atom. The van der Waals surface area contributed by atoms with Crippen LogP contribution in [-0.2, 0) is 10.2 Å². The Labute approximate surface area is 125 Å². The maximum absolute atomic E-state index is 13.2. The zero-order valence-corrected chi connectivity index (χ0v) is 13.0. The molecular formula is C16H24N2OS. The lowest BCUT2D eigenvalue weighted by Crippen LogP contribution is -2.56. The molecule has 1 saturated carbocycles. The Morgan fingerprint density at radius 3 is 2.85 bits per heavy atom. The molecule has 1 N–H and O–H groups in total. The third-order valence-corrected chi connectivity index (χ3v) is 5.84. The SMILES string of the molecule is CC1CN(C(=O)C2(c3cccs3)CCCCC2)CCN1. The van der Waals surface area contributed by atoms with Gasteiger partial charge in [0.2, 0.25) is 5.91 Å². The summed E-state index contributed by atoms with van der Waals surface area (Å²) in [5, 5.41) is 5.54. The Morgan fingerprint density at radius 1 is 1.40 bits per heavy atom. The van der Waals surface area contributed by atoms with E-state index in [4.69, 9.17) is 0 Å². The minimum Gasteiger partial charge on any atom is -0.339 e. The van der Waals surface area contributed by atoms with Crippen molar-refractivity contribution in [3.8, 4) is 0 Å². The van der Waals surface area contributed by atoms with Gasteiger partial charge >= 0.3 is 0 Å². The summed E-state index contributed by atoms with van der Waals surface area (Å²) >= 11 is 1.76. The first-order valence-corrected chi connectivity index (χ1v) is 8.67. The van der Waals surface area contributed by atoms with Crippen molar-refractivity contribution in [2.24, 2.45) is 0 Å². The van der Waals surface area contributed by atoms with Gasteiger partial charge in [0.25, 0.3) is 0 Å². The molecular weight excluding hydrogens is 268 g/mol. The maximum atomic E-state index is 13.2. The van der Waals surface area contributed by atoms with E-state index < -0.39 is 0 Å². The molecule has 4 heteroatoms. The number of thiophene rings is 1. The molecule has 1 aromatic rings. The summed E-state index contributed by atoms with van der Waals surface area (Å²) in [5.41, 5.74) is -0.219. The van der Waals surface area contributed by atoms with E-state index in [0.29, 0.717) is 11.9 Å². The predicted octanol–water partition coefficient (Wildman–Crippen LogP) is 2.77. The van der Waals surface area contributed by atoms with E-state index in [2.05, 4.69) is 34.7 Å². The zero-order valence-electron chi connectivity index (χ0n) is 12.2. The molecule has 1 aliphatic carbocycles. The van der Waals surface area contributed by atoms with Crippen molar-refractivity contribution in [3.63, 3.8) is 0 Å². The van der Waals surface area contributed by atoms with Crippen molar-refractivity contribution in [1.82, 2.24) is 10.2 Å². The van der Waals surface area contributed by atoms with Crippen LogP contribution in [0, 0.1) is 0 Å². The lowest BCUT2D eigenvalue weighted by atomic mass is 9.71. The first-order valence-electron chi connectivity index (χ1n) is 7.79. The topological polar surface area (TPSA) is 32.3 Å². The molecule has 1 aliphatic heterocycles. The number of hydrogen-bond donors (Lipinski definition) is 1. The standard InChI is InChI=1S/C16H24N2OS/c1-13-12-18(10-9-17-13)15(19)16(7-3-2-4-8-16)14-6-5-11-20-14/h5-6,11,13,17H,2-4,7-10,12H2,1H3. The van der Waals surface area contributed by atoms with E-state index in [1.54, 1.807) is 11.3 Å². The highest BCUT2D eigenvalue weighted by atomic mass is 32.1. The minimum atomic E-state index is -0.219. The molecule has 3 nitrogen and oxygen atoms in total. The molecule has 20 heavy (non-hydrogen) atoms. The molecule has 1 amide bonds. The zero-order chi connectivity index (χ0) is 14.0. The summed E-state index contributed by atoms with van der Waals surface area (Å²) < 4.78 is 0. The molecule has 2 fully saturated rings. The van der Waals surface area contributed by atoms with Gasteiger partial charge in [0.15, 0.2) is 0 Å². The average molecular weight is 292 g/mol.